The van der Waals surface area contributed by atoms with Crippen molar-refractivity contribution in [3.63, 3.8) is 0 Å². The Morgan fingerprint density at radius 1 is 0.776 bits per heavy atom. The van der Waals surface area contributed by atoms with E-state index in [0.29, 0.717) is 11.1 Å². The molecule has 0 saturated carbocycles. The fourth-order valence-electron chi connectivity index (χ4n) is 5.83. The van der Waals surface area contributed by atoms with Gasteiger partial charge >= 0.3 is 0 Å². The average molecular weight is 825 g/mol. The van der Waals surface area contributed by atoms with Crippen molar-refractivity contribution in [3.8, 4) is 22.5 Å². The van der Waals surface area contributed by atoms with E-state index in [1.54, 1.807) is 18.5 Å². The van der Waals surface area contributed by atoms with E-state index in [1.807, 2.05) is 137 Å². The van der Waals surface area contributed by atoms with Crippen LogP contribution >= 0.6 is 0 Å². The molecular weight excluding hydrogens is 781 g/mol. The molecule has 0 aliphatic heterocycles. The first kappa shape index (κ1) is 29.3. The smallest absolute Gasteiger partial charge is 0.181 e. The van der Waals surface area contributed by atoms with Gasteiger partial charge in [-0.15, -0.1) is 53.6 Å². The summed E-state index contributed by atoms with van der Waals surface area (Å²) in [4.78, 5) is 13.7. The predicted molar refractivity (Wildman–Crippen MR) is 197 cm³/mol. The number of para-hydroxylation sites is 2. The van der Waals surface area contributed by atoms with Crippen molar-refractivity contribution in [2.75, 3.05) is 0 Å². The van der Waals surface area contributed by atoms with Crippen molar-refractivity contribution >= 4 is 38.6 Å². The van der Waals surface area contributed by atoms with Crippen molar-refractivity contribution in [2.45, 2.75) is 54.3 Å². The average Bonchev–Trinajstić information content (AvgIpc) is 3.70. The number of imidazole rings is 1. The molecule has 6 heteroatoms. The molecule has 0 N–H and O–H groups in total. The van der Waals surface area contributed by atoms with Crippen LogP contribution in [0, 0.1) is 23.0 Å². The van der Waals surface area contributed by atoms with Crippen LogP contribution in [-0.4, -0.2) is 19.4 Å². The van der Waals surface area contributed by atoms with Crippen LogP contribution < -0.4 is 0 Å². The molecule has 49 heavy (non-hydrogen) atoms. The quantitative estimate of drug-likeness (QED) is 0.166. The molecule has 8 rings (SSSR count). The van der Waals surface area contributed by atoms with Crippen LogP contribution in [0.3, 0.4) is 0 Å². The van der Waals surface area contributed by atoms with Gasteiger partial charge in [0.05, 0.1) is 16.6 Å². The number of furan rings is 1. The molecule has 0 unspecified atom stereocenters. The van der Waals surface area contributed by atoms with Crippen molar-refractivity contribution in [1.29, 1.82) is 0 Å². The van der Waals surface area contributed by atoms with Crippen LogP contribution in [0.5, 0.6) is 0 Å². The zero-order chi connectivity index (χ0) is 37.1. The third-order valence-corrected chi connectivity index (χ3v) is 7.68. The Morgan fingerprint density at radius 3 is 2.29 bits per heavy atom. The molecule has 0 amide bonds. The van der Waals surface area contributed by atoms with Crippen molar-refractivity contribution in [2.24, 2.45) is 10.8 Å². The summed E-state index contributed by atoms with van der Waals surface area (Å²) in [7, 11) is 0. The Morgan fingerprint density at radius 2 is 1.55 bits per heavy atom. The summed E-state index contributed by atoms with van der Waals surface area (Å²) in [6.07, 6.45) is 2.42. The topological polar surface area (TPSA) is 56.2 Å². The Bertz CT molecular complexity index is 2550. The Kier molecular flexibility index (Phi) is 8.19. The van der Waals surface area contributed by atoms with Gasteiger partial charge in [-0.05, 0) is 70.2 Å². The van der Waals surface area contributed by atoms with E-state index < -0.39 is 23.6 Å². The first-order valence-corrected chi connectivity index (χ1v) is 16.1. The van der Waals surface area contributed by atoms with Gasteiger partial charge in [0.15, 0.2) is 11.2 Å². The van der Waals surface area contributed by atoms with Gasteiger partial charge in [-0.25, -0.2) is 4.98 Å². The molecule has 249 valence electrons. The molecular formula is C43H40IrN4O-2. The molecule has 5 nitrogen and oxygen atoms in total. The summed E-state index contributed by atoms with van der Waals surface area (Å²) in [6.45, 7) is 11.4. The number of aromatic nitrogens is 4. The summed E-state index contributed by atoms with van der Waals surface area (Å²) < 4.78 is 42.0. The molecule has 1 radical (unpaired) electrons. The summed E-state index contributed by atoms with van der Waals surface area (Å²) in [5.41, 5.74) is 7.61. The zero-order valence-electron chi connectivity index (χ0n) is 32.4. The van der Waals surface area contributed by atoms with Gasteiger partial charge < -0.3 is 14.4 Å². The molecule has 0 aliphatic carbocycles. The fourth-order valence-corrected chi connectivity index (χ4v) is 5.83. The van der Waals surface area contributed by atoms with Gasteiger partial charge in [0.1, 0.15) is 0 Å². The van der Waals surface area contributed by atoms with Crippen LogP contribution in [0.25, 0.3) is 61.1 Å². The number of hydrogen-bond donors (Lipinski definition) is 0. The maximum Gasteiger partial charge on any atom is 0.181 e. The second kappa shape index (κ2) is 13.7. The van der Waals surface area contributed by atoms with E-state index in [2.05, 4.69) is 22.1 Å². The minimum Gasteiger partial charge on any atom is -0.472 e. The molecule has 0 bridgehead atoms. The van der Waals surface area contributed by atoms with E-state index >= 15 is 0 Å². The van der Waals surface area contributed by atoms with Crippen molar-refractivity contribution in [1.82, 2.24) is 19.4 Å². The van der Waals surface area contributed by atoms with Gasteiger partial charge in [-0.3, -0.25) is 4.40 Å². The number of nitrogens with zero attached hydrogens (tertiary/aromatic N) is 4. The van der Waals surface area contributed by atoms with Crippen LogP contribution in [0.4, 0.5) is 0 Å². The summed E-state index contributed by atoms with van der Waals surface area (Å²) in [5, 5.41) is 1.89. The van der Waals surface area contributed by atoms with E-state index in [9.17, 15) is 0 Å². The van der Waals surface area contributed by atoms with Crippen LogP contribution in [0.15, 0.2) is 114 Å². The van der Waals surface area contributed by atoms with Crippen LogP contribution in [0.2, 0.25) is 0 Å². The normalized spacial score (nSPS) is 13.7. The van der Waals surface area contributed by atoms with Crippen LogP contribution in [0.1, 0.15) is 58.2 Å². The van der Waals surface area contributed by atoms with E-state index in [1.165, 1.54) is 0 Å². The third kappa shape index (κ3) is 7.51. The maximum absolute atomic E-state index is 8.53. The number of rotatable bonds is 4. The first-order chi connectivity index (χ1) is 24.6. The van der Waals surface area contributed by atoms with Crippen molar-refractivity contribution in [3.05, 3.63) is 133 Å². The van der Waals surface area contributed by atoms with Crippen molar-refractivity contribution < 1.29 is 30.0 Å². The number of fused-ring (bicyclic) bond motifs is 7. The summed E-state index contributed by atoms with van der Waals surface area (Å²) in [6, 6.07) is 35.1. The standard InChI is InChI=1S/C27H22N3O.C16H18N.Ir/c1-27(2,3)15-17-11-12-20(28-16-17)18-7-6-10-23-24(18)19-13-14-30-22-9-5-4-8-21(22)29-26(30)25(19)31-23;1-16(2,3)12-13-9-10-17-15(11-13)14-7-5-4-6-8-14;/h4-6,8-14,16H,15H2,1-3H3;4-7,9-11H,12H2,1-3H3;/q2*-1;/i15D2;12D2;. The van der Waals surface area contributed by atoms with Gasteiger partial charge in [0.25, 0.3) is 0 Å². The molecule has 0 aliphatic rings. The maximum atomic E-state index is 8.53. The fraction of sp³-hybridized carbons (Fsp3) is 0.233. The molecule has 8 aromatic rings. The summed E-state index contributed by atoms with van der Waals surface area (Å²) in [5.74, 6) is 0. The Labute approximate surface area is 307 Å². The molecule has 0 spiro atoms. The SMILES string of the molecule is [2H]C([2H])(c1ccc(-c2[c-]ccc3oc4c(ccn5c6ccccc6nc45)c23)nc1)C(C)(C)C.[2H]C([2H])(c1ccnc(-c2[c-]cccc2)c1)C(C)(C)C.[Ir]. The molecule has 0 saturated heterocycles. The number of hydrogen-bond acceptors (Lipinski definition) is 4. The number of pyridine rings is 3. The zero-order valence-corrected chi connectivity index (χ0v) is 30.8. The minimum absolute atomic E-state index is 0. The summed E-state index contributed by atoms with van der Waals surface area (Å²) >= 11 is 0. The molecule has 0 atom stereocenters. The van der Waals surface area contributed by atoms with Gasteiger partial charge in [0, 0.05) is 44.2 Å². The first-order valence-electron chi connectivity index (χ1n) is 18.1. The predicted octanol–water partition coefficient (Wildman–Crippen LogP) is 11.0. The van der Waals surface area contributed by atoms with Gasteiger partial charge in [0.2, 0.25) is 0 Å². The Hall–Kier alpha value is -4.64. The molecule has 0 fully saturated rings. The largest absolute Gasteiger partial charge is 0.472 e. The van der Waals surface area contributed by atoms with Crippen LogP contribution in [-0.2, 0) is 32.9 Å². The van der Waals surface area contributed by atoms with E-state index in [0.717, 1.165) is 61.1 Å². The second-order valence-electron chi connectivity index (χ2n) is 13.9. The van der Waals surface area contributed by atoms with Gasteiger partial charge in [-0.1, -0.05) is 88.9 Å². The second-order valence-corrected chi connectivity index (χ2v) is 13.9. The monoisotopic (exact) mass is 825 g/mol. The molecule has 5 aromatic heterocycles. The number of benzene rings is 3. The third-order valence-electron chi connectivity index (χ3n) is 7.68. The van der Waals surface area contributed by atoms with E-state index in [4.69, 9.17) is 14.9 Å². The Balaban J connectivity index is 0.000000206. The van der Waals surface area contributed by atoms with Gasteiger partial charge in [-0.2, -0.15) is 0 Å². The molecule has 5 heterocycles. The molecule has 3 aromatic carbocycles. The minimum atomic E-state index is -1.50. The van der Waals surface area contributed by atoms with E-state index in [-0.39, 0.29) is 20.1 Å².